The lowest BCUT2D eigenvalue weighted by Crippen LogP contribution is -2.37. The van der Waals surface area contributed by atoms with Crippen LogP contribution in [0.2, 0.25) is 0 Å². The molecule has 0 aromatic heterocycles. The molecular weight excluding hydrogens is 942 g/mol. The Kier molecular flexibility index (Phi) is 55.1. The van der Waals surface area contributed by atoms with Crippen LogP contribution in [-0.2, 0) is 32.7 Å². The largest absolute Gasteiger partial charge is 0.472 e. The third-order valence-electron chi connectivity index (χ3n) is 14.5. The molecule has 0 rings (SSSR count). The van der Waals surface area contributed by atoms with E-state index < -0.39 is 26.5 Å². The van der Waals surface area contributed by atoms with Crippen molar-refractivity contribution in [1.82, 2.24) is 0 Å². The van der Waals surface area contributed by atoms with E-state index in [9.17, 15) is 19.0 Å². The Hall–Kier alpha value is -1.51. The number of nitrogens with zero attached hydrogens (tertiary/aromatic N) is 1. The van der Waals surface area contributed by atoms with E-state index in [0.717, 1.165) is 51.4 Å². The van der Waals surface area contributed by atoms with Crippen LogP contribution < -0.4 is 0 Å². The SMILES string of the molecule is CCCCCCCC/C=C\CCCCCCCC(=O)OCC(COP(=O)(O)OCC[N+](C)(C)C)OC(=O)CCCCCCCCCCCCCCCCCCCCCCCCC/C=C\CCCCCCCCCC. The van der Waals surface area contributed by atoms with Gasteiger partial charge in [0.25, 0.3) is 0 Å². The average Bonchev–Trinajstić information content (AvgIpc) is 3.36. The highest BCUT2D eigenvalue weighted by atomic mass is 31.2. The number of likely N-dealkylation sites (N-methyl/N-ethyl adjacent to an activating group) is 1. The second-order valence-electron chi connectivity index (χ2n) is 23.1. The van der Waals surface area contributed by atoms with Crippen molar-refractivity contribution >= 4 is 19.8 Å². The standard InChI is InChI=1S/C64H124NO8P/c1-6-8-10-12-14-16-18-20-22-23-24-25-26-27-28-29-30-31-32-33-34-35-36-37-38-39-40-41-43-45-47-49-51-53-55-57-64(67)73-62(61-72-74(68,69)71-59-58-65(3,4)5)60-70-63(66)56-54-52-50-48-46-44-42-21-19-17-15-13-11-9-7-2/h21,23-24,42,62H,6-20,22,25-41,43-61H2,1-5H3/p+1/b24-23-,42-21-. The molecule has 0 spiro atoms. The molecule has 2 atom stereocenters. The van der Waals surface area contributed by atoms with Gasteiger partial charge in [-0.2, -0.15) is 0 Å². The second-order valence-corrected chi connectivity index (χ2v) is 24.6. The zero-order valence-electron chi connectivity index (χ0n) is 49.9. The summed E-state index contributed by atoms with van der Waals surface area (Å²) < 4.78 is 34.6. The number of rotatable bonds is 60. The van der Waals surface area contributed by atoms with E-state index in [2.05, 4.69) is 38.2 Å². The van der Waals surface area contributed by atoms with E-state index in [1.54, 1.807) is 0 Å². The van der Waals surface area contributed by atoms with E-state index in [0.29, 0.717) is 17.4 Å². The monoisotopic (exact) mass is 1070 g/mol. The first-order valence-electron chi connectivity index (χ1n) is 32.1. The Labute approximate surface area is 459 Å². The molecule has 0 aliphatic rings. The quantitative estimate of drug-likeness (QED) is 0.0211. The van der Waals surface area contributed by atoms with Crippen LogP contribution in [0.3, 0.4) is 0 Å². The van der Waals surface area contributed by atoms with Gasteiger partial charge in [0.05, 0.1) is 27.7 Å². The van der Waals surface area contributed by atoms with Crippen molar-refractivity contribution in [2.75, 3.05) is 47.5 Å². The van der Waals surface area contributed by atoms with Gasteiger partial charge in [-0.05, 0) is 64.2 Å². The van der Waals surface area contributed by atoms with Gasteiger partial charge in [-0.3, -0.25) is 18.6 Å². The number of hydrogen-bond acceptors (Lipinski definition) is 7. The Morgan fingerprint density at radius 1 is 0.405 bits per heavy atom. The first-order chi connectivity index (χ1) is 36.0. The number of phosphoric acid groups is 1. The smallest absolute Gasteiger partial charge is 0.462 e. The Morgan fingerprint density at radius 3 is 1.00 bits per heavy atom. The maximum atomic E-state index is 12.8. The molecule has 2 unspecified atom stereocenters. The van der Waals surface area contributed by atoms with Crippen molar-refractivity contribution < 1.29 is 42.1 Å². The van der Waals surface area contributed by atoms with E-state index in [1.807, 2.05) is 21.1 Å². The third-order valence-corrected chi connectivity index (χ3v) is 15.4. The minimum Gasteiger partial charge on any atom is -0.462 e. The molecule has 0 saturated heterocycles. The van der Waals surface area contributed by atoms with Gasteiger partial charge in [-0.25, -0.2) is 4.57 Å². The molecule has 438 valence electrons. The van der Waals surface area contributed by atoms with Gasteiger partial charge in [0.1, 0.15) is 19.8 Å². The Bertz CT molecular complexity index is 1300. The fraction of sp³-hybridized carbons (Fsp3) is 0.906. The number of hydrogen-bond donors (Lipinski definition) is 1. The molecule has 0 heterocycles. The summed E-state index contributed by atoms with van der Waals surface area (Å²) in [6.45, 7) is 4.47. The highest BCUT2D eigenvalue weighted by Crippen LogP contribution is 2.43. The normalized spacial score (nSPS) is 13.3. The Morgan fingerprint density at radius 2 is 0.689 bits per heavy atom. The lowest BCUT2D eigenvalue weighted by Gasteiger charge is -2.24. The highest BCUT2D eigenvalue weighted by molar-refractivity contribution is 7.47. The minimum atomic E-state index is -4.38. The third kappa shape index (κ3) is 59.7. The fourth-order valence-electron chi connectivity index (χ4n) is 9.48. The van der Waals surface area contributed by atoms with Crippen LogP contribution >= 0.6 is 7.82 Å². The van der Waals surface area contributed by atoms with Crippen LogP contribution in [0.1, 0.15) is 322 Å². The van der Waals surface area contributed by atoms with Crippen LogP contribution in [-0.4, -0.2) is 74.9 Å². The van der Waals surface area contributed by atoms with Crippen molar-refractivity contribution in [3.8, 4) is 0 Å². The van der Waals surface area contributed by atoms with E-state index >= 15 is 0 Å². The van der Waals surface area contributed by atoms with Crippen LogP contribution in [0.5, 0.6) is 0 Å². The molecule has 0 bridgehead atoms. The molecule has 9 nitrogen and oxygen atoms in total. The van der Waals surface area contributed by atoms with Crippen molar-refractivity contribution in [3.63, 3.8) is 0 Å². The van der Waals surface area contributed by atoms with Crippen molar-refractivity contribution in [2.24, 2.45) is 0 Å². The minimum absolute atomic E-state index is 0.0333. The molecule has 0 aromatic carbocycles. The number of phosphoric ester groups is 1. The van der Waals surface area contributed by atoms with Crippen molar-refractivity contribution in [1.29, 1.82) is 0 Å². The van der Waals surface area contributed by atoms with Crippen LogP contribution in [0.25, 0.3) is 0 Å². The maximum Gasteiger partial charge on any atom is 0.472 e. The molecule has 0 amide bonds. The van der Waals surface area contributed by atoms with Crippen molar-refractivity contribution in [2.45, 2.75) is 328 Å². The second kappa shape index (κ2) is 56.2. The summed E-state index contributed by atoms with van der Waals surface area (Å²) in [5, 5.41) is 0. The zero-order valence-corrected chi connectivity index (χ0v) is 50.8. The summed E-state index contributed by atoms with van der Waals surface area (Å²) in [5.41, 5.74) is 0. The molecular formula is C64H125NO8P+. The molecule has 0 aliphatic heterocycles. The maximum absolute atomic E-state index is 12.8. The molecule has 0 fully saturated rings. The summed E-state index contributed by atoms with van der Waals surface area (Å²) in [5.74, 6) is -0.791. The highest BCUT2D eigenvalue weighted by Gasteiger charge is 2.27. The number of carbonyl (C=O) groups excluding carboxylic acids is 2. The van der Waals surface area contributed by atoms with E-state index in [-0.39, 0.29) is 32.0 Å². The summed E-state index contributed by atoms with van der Waals surface area (Å²) in [6, 6.07) is 0. The summed E-state index contributed by atoms with van der Waals surface area (Å²) in [4.78, 5) is 35.7. The van der Waals surface area contributed by atoms with Gasteiger partial charge in [-0.1, -0.05) is 269 Å². The average molecular weight is 1070 g/mol. The number of ether oxygens (including phenoxy) is 2. The first kappa shape index (κ1) is 72.5. The molecule has 0 aliphatic carbocycles. The summed E-state index contributed by atoms with van der Waals surface area (Å²) >= 11 is 0. The van der Waals surface area contributed by atoms with E-state index in [1.165, 1.54) is 238 Å². The van der Waals surface area contributed by atoms with Gasteiger partial charge in [0, 0.05) is 12.8 Å². The molecule has 0 radical (unpaired) electrons. The number of quaternary nitrogens is 1. The van der Waals surface area contributed by atoms with Gasteiger partial charge in [-0.15, -0.1) is 0 Å². The predicted octanol–water partition coefficient (Wildman–Crippen LogP) is 20.2. The van der Waals surface area contributed by atoms with Crippen LogP contribution in [0.4, 0.5) is 0 Å². The summed E-state index contributed by atoms with van der Waals surface area (Å²) in [6.07, 6.45) is 68.6. The van der Waals surface area contributed by atoms with E-state index in [4.69, 9.17) is 18.5 Å². The van der Waals surface area contributed by atoms with Crippen LogP contribution in [0, 0.1) is 0 Å². The number of esters is 2. The van der Waals surface area contributed by atoms with Gasteiger partial charge in [0.15, 0.2) is 6.10 Å². The summed E-state index contributed by atoms with van der Waals surface area (Å²) in [7, 11) is 1.49. The molecule has 10 heteroatoms. The number of allylic oxidation sites excluding steroid dienone is 4. The lowest BCUT2D eigenvalue weighted by molar-refractivity contribution is -0.870. The van der Waals surface area contributed by atoms with Gasteiger partial charge in [0.2, 0.25) is 0 Å². The molecule has 0 saturated carbocycles. The van der Waals surface area contributed by atoms with Gasteiger partial charge < -0.3 is 18.9 Å². The van der Waals surface area contributed by atoms with Crippen LogP contribution in [0.15, 0.2) is 24.3 Å². The predicted molar refractivity (Wildman–Crippen MR) is 317 cm³/mol. The number of unbranched alkanes of at least 4 members (excludes halogenated alkanes) is 42. The fourth-order valence-corrected chi connectivity index (χ4v) is 10.2. The first-order valence-corrected chi connectivity index (χ1v) is 33.6. The number of carbonyl (C=O) groups is 2. The molecule has 74 heavy (non-hydrogen) atoms. The zero-order chi connectivity index (χ0) is 54.2. The molecule has 0 aromatic rings. The molecule has 1 N–H and O–H groups in total. The Balaban J connectivity index is 3.94. The lowest BCUT2D eigenvalue weighted by atomic mass is 10.0. The van der Waals surface area contributed by atoms with Gasteiger partial charge >= 0.3 is 19.8 Å². The van der Waals surface area contributed by atoms with Crippen molar-refractivity contribution in [3.05, 3.63) is 24.3 Å². The topological polar surface area (TPSA) is 108 Å².